The second-order valence-electron chi connectivity index (χ2n) is 5.41. The molecule has 0 spiro atoms. The minimum atomic E-state index is -2.58. The highest BCUT2D eigenvalue weighted by Crippen LogP contribution is 2.49. The van der Waals surface area contributed by atoms with E-state index in [0.29, 0.717) is 12.1 Å². The molecule has 0 saturated heterocycles. The van der Waals surface area contributed by atoms with Crippen LogP contribution in [0.5, 0.6) is 5.75 Å². The molecule has 1 heterocycles. The molecule has 0 fully saturated rings. The van der Waals surface area contributed by atoms with Gasteiger partial charge in [0, 0.05) is 21.7 Å². The third kappa shape index (κ3) is 2.47. The van der Waals surface area contributed by atoms with Gasteiger partial charge in [-0.2, -0.15) is 0 Å². The number of aliphatic hydroxyl groups is 1. The zero-order chi connectivity index (χ0) is 18.5. The summed E-state index contributed by atoms with van der Waals surface area (Å²) in [5.41, 5.74) is -3.16. The first kappa shape index (κ1) is 17.3. The van der Waals surface area contributed by atoms with Crippen molar-refractivity contribution in [3.05, 3.63) is 57.6 Å². The molecule has 1 unspecified atom stereocenters. The highest BCUT2D eigenvalue weighted by Gasteiger charge is 2.54. The quantitative estimate of drug-likeness (QED) is 0.715. The van der Waals surface area contributed by atoms with Crippen molar-refractivity contribution in [2.24, 2.45) is 0 Å². The van der Waals surface area contributed by atoms with E-state index in [2.05, 4.69) is 15.9 Å². The topological polar surface area (TPSA) is 98.1 Å². The van der Waals surface area contributed by atoms with E-state index in [0.717, 1.165) is 4.90 Å². The first-order valence-electron chi connectivity index (χ1n) is 6.91. The van der Waals surface area contributed by atoms with Crippen molar-refractivity contribution < 1.29 is 33.7 Å². The van der Waals surface area contributed by atoms with Crippen molar-refractivity contribution in [2.75, 3.05) is 11.4 Å². The average Bonchev–Trinajstić information content (AvgIpc) is 2.74. The van der Waals surface area contributed by atoms with Crippen LogP contribution in [-0.2, 0) is 15.2 Å². The number of carbonyl (C=O) groups excluding carboxylic acids is 1. The van der Waals surface area contributed by atoms with E-state index < -0.39 is 47.0 Å². The number of hydrogen-bond acceptors (Lipinski definition) is 4. The van der Waals surface area contributed by atoms with Crippen LogP contribution in [0.1, 0.15) is 11.1 Å². The standard InChI is InChI=1S/C16H10BrF2NO5/c17-8-2-1-3-11-14(8)16(25,15(24)20(11)6-13(22)23)7-4-9(18)10(19)5-12(7)21/h1-5,21,25H,6H2,(H,22,23). The Morgan fingerprint density at radius 2 is 1.88 bits per heavy atom. The molecule has 2 aromatic carbocycles. The molecule has 6 nitrogen and oxygen atoms in total. The number of nitrogens with zero attached hydrogens (tertiary/aromatic N) is 1. The molecule has 0 bridgehead atoms. The smallest absolute Gasteiger partial charge is 0.323 e. The van der Waals surface area contributed by atoms with E-state index in [4.69, 9.17) is 5.11 Å². The molecule has 1 aliphatic rings. The molecular formula is C16H10BrF2NO5. The number of carboxylic acid groups (broad SMARTS) is 1. The van der Waals surface area contributed by atoms with Gasteiger partial charge < -0.3 is 15.3 Å². The van der Waals surface area contributed by atoms with Crippen LogP contribution >= 0.6 is 15.9 Å². The Labute approximate surface area is 148 Å². The Morgan fingerprint density at radius 3 is 2.52 bits per heavy atom. The first-order chi connectivity index (χ1) is 11.7. The predicted molar refractivity (Wildman–Crippen MR) is 85.2 cm³/mol. The highest BCUT2D eigenvalue weighted by molar-refractivity contribution is 9.10. The molecule has 3 rings (SSSR count). The Hall–Kier alpha value is -2.52. The first-order valence-corrected chi connectivity index (χ1v) is 7.70. The number of rotatable bonds is 3. The Bertz CT molecular complexity index is 920. The number of halogens is 3. The fraction of sp³-hybridized carbons (Fsp3) is 0.125. The van der Waals surface area contributed by atoms with E-state index in [1.807, 2.05) is 0 Å². The van der Waals surface area contributed by atoms with Crippen molar-refractivity contribution in [2.45, 2.75) is 5.60 Å². The van der Waals surface area contributed by atoms with Gasteiger partial charge in [0.1, 0.15) is 12.3 Å². The molecule has 1 amide bonds. The summed E-state index contributed by atoms with van der Waals surface area (Å²) in [5.74, 6) is -6.01. The van der Waals surface area contributed by atoms with E-state index in [-0.39, 0.29) is 15.7 Å². The van der Waals surface area contributed by atoms with Gasteiger partial charge in [-0.25, -0.2) is 8.78 Å². The fourth-order valence-corrected chi connectivity index (χ4v) is 3.52. The van der Waals surface area contributed by atoms with Gasteiger partial charge in [-0.05, 0) is 18.2 Å². The molecule has 25 heavy (non-hydrogen) atoms. The molecule has 0 radical (unpaired) electrons. The molecule has 0 aromatic heterocycles. The van der Waals surface area contributed by atoms with Crippen LogP contribution in [0.3, 0.4) is 0 Å². The maximum absolute atomic E-state index is 13.7. The number of aliphatic carboxylic acids is 1. The Balaban J connectivity index is 2.31. The van der Waals surface area contributed by atoms with Gasteiger partial charge in [-0.3, -0.25) is 14.5 Å². The average molecular weight is 414 g/mol. The highest BCUT2D eigenvalue weighted by atomic mass is 79.9. The lowest BCUT2D eigenvalue weighted by Crippen LogP contribution is -2.43. The molecule has 0 saturated carbocycles. The maximum atomic E-state index is 13.7. The molecule has 9 heteroatoms. The molecule has 1 aliphatic heterocycles. The number of amides is 1. The summed E-state index contributed by atoms with van der Waals surface area (Å²) in [7, 11) is 0. The van der Waals surface area contributed by atoms with Crippen LogP contribution in [0.4, 0.5) is 14.5 Å². The number of carbonyl (C=O) groups is 2. The minimum absolute atomic E-state index is 0.0671. The van der Waals surface area contributed by atoms with Crippen molar-refractivity contribution >= 4 is 33.5 Å². The summed E-state index contributed by atoms with van der Waals surface area (Å²) in [6, 6.07) is 5.35. The van der Waals surface area contributed by atoms with Gasteiger partial charge in [-0.1, -0.05) is 22.0 Å². The van der Waals surface area contributed by atoms with Crippen molar-refractivity contribution in [1.82, 2.24) is 0 Å². The maximum Gasteiger partial charge on any atom is 0.323 e. The summed E-state index contributed by atoms with van der Waals surface area (Å²) in [6.45, 7) is -0.755. The number of hydrogen-bond donors (Lipinski definition) is 3. The number of carboxylic acids is 1. The van der Waals surface area contributed by atoms with E-state index in [1.54, 1.807) is 0 Å². The summed E-state index contributed by atoms with van der Waals surface area (Å²) in [4.78, 5) is 24.6. The van der Waals surface area contributed by atoms with Crippen LogP contribution in [0.2, 0.25) is 0 Å². The second-order valence-corrected chi connectivity index (χ2v) is 6.27. The lowest BCUT2D eigenvalue weighted by atomic mass is 9.86. The Kier molecular flexibility index (Phi) is 4.00. The number of phenols is 1. The van der Waals surface area contributed by atoms with Crippen LogP contribution in [0.15, 0.2) is 34.8 Å². The summed E-state index contributed by atoms with van der Waals surface area (Å²) in [6.07, 6.45) is 0. The number of phenolic OH excluding ortho intramolecular Hbond substituents is 1. The van der Waals surface area contributed by atoms with Crippen LogP contribution in [0, 0.1) is 11.6 Å². The van der Waals surface area contributed by atoms with E-state index in [9.17, 15) is 28.6 Å². The summed E-state index contributed by atoms with van der Waals surface area (Å²) >= 11 is 3.16. The third-order valence-electron chi connectivity index (χ3n) is 3.92. The van der Waals surface area contributed by atoms with Gasteiger partial charge >= 0.3 is 5.97 Å². The Morgan fingerprint density at radius 1 is 1.24 bits per heavy atom. The second kappa shape index (κ2) is 5.78. The van der Waals surface area contributed by atoms with Crippen molar-refractivity contribution in [3.8, 4) is 5.75 Å². The van der Waals surface area contributed by atoms with E-state index in [1.165, 1.54) is 18.2 Å². The predicted octanol–water partition coefficient (Wildman–Crippen LogP) is 2.10. The lowest BCUT2D eigenvalue weighted by Gasteiger charge is -2.24. The zero-order valence-electron chi connectivity index (χ0n) is 12.3. The van der Waals surface area contributed by atoms with Gasteiger partial charge in [-0.15, -0.1) is 0 Å². The zero-order valence-corrected chi connectivity index (χ0v) is 13.9. The minimum Gasteiger partial charge on any atom is -0.507 e. The van der Waals surface area contributed by atoms with Crippen LogP contribution < -0.4 is 4.90 Å². The monoisotopic (exact) mass is 413 g/mol. The molecule has 0 aliphatic carbocycles. The number of aromatic hydroxyl groups is 1. The molecule has 3 N–H and O–H groups in total. The normalized spacial score (nSPS) is 19.2. The summed E-state index contributed by atoms with van der Waals surface area (Å²) in [5, 5.41) is 30.1. The third-order valence-corrected chi connectivity index (χ3v) is 4.58. The van der Waals surface area contributed by atoms with Crippen LogP contribution in [0.25, 0.3) is 0 Å². The number of anilines is 1. The molecular weight excluding hydrogens is 404 g/mol. The van der Waals surface area contributed by atoms with Gasteiger partial charge in [0.25, 0.3) is 5.91 Å². The van der Waals surface area contributed by atoms with Gasteiger partial charge in [0.2, 0.25) is 5.60 Å². The molecule has 1 atom stereocenters. The SMILES string of the molecule is O=C(O)CN1C(=O)C(O)(c2cc(F)c(F)cc2O)c2c(Br)cccc21. The van der Waals surface area contributed by atoms with Crippen molar-refractivity contribution in [1.29, 1.82) is 0 Å². The summed E-state index contributed by atoms with van der Waals surface area (Å²) < 4.78 is 27.2. The molecule has 2 aromatic rings. The molecule has 130 valence electrons. The largest absolute Gasteiger partial charge is 0.507 e. The van der Waals surface area contributed by atoms with Crippen LogP contribution in [-0.4, -0.2) is 33.7 Å². The number of benzene rings is 2. The lowest BCUT2D eigenvalue weighted by molar-refractivity contribution is -0.139. The van der Waals surface area contributed by atoms with Gasteiger partial charge in [0.15, 0.2) is 11.6 Å². The van der Waals surface area contributed by atoms with Gasteiger partial charge in [0.05, 0.1) is 5.69 Å². The number of fused-ring (bicyclic) bond motifs is 1. The fourth-order valence-electron chi connectivity index (χ4n) is 2.88. The van der Waals surface area contributed by atoms with E-state index >= 15 is 0 Å². The van der Waals surface area contributed by atoms with Crippen molar-refractivity contribution in [3.63, 3.8) is 0 Å².